The number of phenols is 1. The molecule has 1 unspecified atom stereocenters. The molecule has 0 aliphatic heterocycles. The van der Waals surface area contributed by atoms with Gasteiger partial charge in [-0.25, -0.2) is 0 Å². The number of phenolic OH excluding ortho intramolecular Hbond substituents is 1. The number of methoxy groups -OCH3 is 1. The van der Waals surface area contributed by atoms with Crippen LogP contribution in [0.1, 0.15) is 82.3 Å². The number of carbonyl (C=O) groups excluding carboxylic acids is 3. The van der Waals surface area contributed by atoms with E-state index in [2.05, 4.69) is 0 Å². The topological polar surface area (TPSA) is 141 Å². The highest BCUT2D eigenvalue weighted by molar-refractivity contribution is 6.25. The molecule has 0 radical (unpaired) electrons. The highest BCUT2D eigenvalue weighted by atomic mass is 16.5. The molecular weight excluding hydrogens is 548 g/mol. The van der Waals surface area contributed by atoms with Crippen LogP contribution in [0.2, 0.25) is 0 Å². The van der Waals surface area contributed by atoms with Crippen LogP contribution >= 0.6 is 0 Å². The van der Waals surface area contributed by atoms with Crippen molar-refractivity contribution in [1.82, 2.24) is 0 Å². The predicted octanol–water partition coefficient (Wildman–Crippen LogP) is 6.15. The van der Waals surface area contributed by atoms with Crippen molar-refractivity contribution in [3.63, 3.8) is 0 Å². The first-order chi connectivity index (χ1) is 20.0. The number of aliphatic hydroxyl groups is 3. The van der Waals surface area contributed by atoms with Gasteiger partial charge in [-0.2, -0.15) is 0 Å². The average molecular weight is 589 g/mol. The molecule has 5 rings (SSSR count). The molecule has 0 aromatic heterocycles. The van der Waals surface area contributed by atoms with Crippen LogP contribution in [-0.2, 0) is 16.0 Å². The van der Waals surface area contributed by atoms with E-state index in [1.54, 1.807) is 38.3 Å². The first-order valence-electron chi connectivity index (χ1n) is 14.7. The second-order valence-electron chi connectivity index (χ2n) is 13.6. The van der Waals surface area contributed by atoms with Crippen LogP contribution in [0.15, 0.2) is 53.0 Å². The summed E-state index contributed by atoms with van der Waals surface area (Å²) in [7, 11) is 1.55. The summed E-state index contributed by atoms with van der Waals surface area (Å²) >= 11 is 0. The van der Waals surface area contributed by atoms with Gasteiger partial charge >= 0.3 is 0 Å². The molecule has 4 N–H and O–H groups in total. The normalized spacial score (nSPS) is 28.7. The van der Waals surface area contributed by atoms with E-state index in [4.69, 9.17) is 4.74 Å². The summed E-state index contributed by atoms with van der Waals surface area (Å²) < 4.78 is 5.27. The summed E-state index contributed by atoms with van der Waals surface area (Å²) in [5.74, 6) is -4.59. The van der Waals surface area contributed by atoms with Crippen molar-refractivity contribution < 1.29 is 39.5 Å². The molecule has 0 bridgehead atoms. The molecule has 0 heterocycles. The number of Topliss-reactive ketones (excluding diaryl/α,β-unsaturated/α-hetero) is 3. The zero-order valence-electron chi connectivity index (χ0n) is 26.0. The second-order valence-corrected chi connectivity index (χ2v) is 13.6. The average Bonchev–Trinajstić information content (AvgIpc) is 2.90. The number of aliphatic hydroxyl groups excluding tert-OH is 2. The minimum Gasteiger partial charge on any atom is -0.511 e. The van der Waals surface area contributed by atoms with E-state index in [9.17, 15) is 34.8 Å². The Morgan fingerprint density at radius 1 is 1.02 bits per heavy atom. The minimum atomic E-state index is -2.64. The van der Waals surface area contributed by atoms with Gasteiger partial charge in [0.25, 0.3) is 0 Å². The lowest BCUT2D eigenvalue weighted by molar-refractivity contribution is -0.171. The number of ketones is 3. The van der Waals surface area contributed by atoms with Gasteiger partial charge in [0.1, 0.15) is 28.6 Å². The summed E-state index contributed by atoms with van der Waals surface area (Å²) in [6.07, 6.45) is 0.301. The highest BCUT2D eigenvalue weighted by Crippen LogP contribution is 2.65. The summed E-state index contributed by atoms with van der Waals surface area (Å²) in [6.45, 7) is 12.2. The van der Waals surface area contributed by atoms with E-state index in [0.29, 0.717) is 22.4 Å². The number of benzene rings is 2. The van der Waals surface area contributed by atoms with Gasteiger partial charge in [-0.05, 0) is 66.5 Å². The molecule has 0 fully saturated rings. The molecular formula is C35H40O8. The molecule has 0 saturated carbocycles. The van der Waals surface area contributed by atoms with E-state index in [0.717, 1.165) is 12.5 Å². The van der Waals surface area contributed by atoms with Gasteiger partial charge in [0.2, 0.25) is 5.78 Å². The Morgan fingerprint density at radius 2 is 1.63 bits per heavy atom. The first-order valence-corrected chi connectivity index (χ1v) is 14.7. The molecule has 2 aromatic carbocycles. The number of fused-ring (bicyclic) bond motifs is 3. The van der Waals surface area contributed by atoms with Crippen LogP contribution in [0.5, 0.6) is 11.5 Å². The molecule has 2 aromatic rings. The first kappa shape index (κ1) is 30.5. The van der Waals surface area contributed by atoms with Crippen LogP contribution in [0.3, 0.4) is 0 Å². The maximum Gasteiger partial charge on any atom is 0.209 e. The van der Waals surface area contributed by atoms with Crippen LogP contribution in [-0.4, -0.2) is 50.5 Å². The summed E-state index contributed by atoms with van der Waals surface area (Å²) in [5, 5.41) is 47.1. The molecule has 0 spiro atoms. The van der Waals surface area contributed by atoms with E-state index in [1.165, 1.54) is 0 Å². The Balaban J connectivity index is 1.81. The molecule has 228 valence electrons. The van der Waals surface area contributed by atoms with Gasteiger partial charge < -0.3 is 25.2 Å². The number of allylic oxidation sites excluding steroid dienone is 2. The van der Waals surface area contributed by atoms with Gasteiger partial charge in [-0.1, -0.05) is 53.7 Å². The maximum absolute atomic E-state index is 14.5. The zero-order valence-corrected chi connectivity index (χ0v) is 26.0. The Morgan fingerprint density at radius 3 is 2.14 bits per heavy atom. The lowest BCUT2D eigenvalue weighted by atomic mass is 9.44. The largest absolute Gasteiger partial charge is 0.511 e. The molecule has 4 atom stereocenters. The number of hydrogen-bond acceptors (Lipinski definition) is 8. The van der Waals surface area contributed by atoms with E-state index < -0.39 is 56.8 Å². The Bertz CT molecular complexity index is 1640. The van der Waals surface area contributed by atoms with E-state index in [1.807, 2.05) is 40.7 Å². The number of rotatable bonds is 5. The summed E-state index contributed by atoms with van der Waals surface area (Å²) in [6, 6.07) is 8.96. The third-order valence-corrected chi connectivity index (χ3v) is 10.1. The third-order valence-electron chi connectivity index (χ3n) is 10.1. The SMILES string of the molecule is COc1ccc(-c2cc(C(C)C)c3c(c2O)C(=O)C2=C(O)[C@@]4(O)C(=O)C(C(C)=O)=C(O)C(C(C)C)[C@@]4(C)C[C@@]2(C)C3)cc1. The van der Waals surface area contributed by atoms with Crippen LogP contribution in [0.4, 0.5) is 0 Å². The van der Waals surface area contributed by atoms with Gasteiger partial charge in [0, 0.05) is 27.9 Å². The monoisotopic (exact) mass is 588 g/mol. The third kappa shape index (κ3) is 3.95. The van der Waals surface area contributed by atoms with Crippen LogP contribution in [0.25, 0.3) is 11.1 Å². The molecule has 0 amide bonds. The van der Waals surface area contributed by atoms with Crippen molar-refractivity contribution in [2.75, 3.05) is 7.11 Å². The van der Waals surface area contributed by atoms with Gasteiger partial charge in [0.15, 0.2) is 17.2 Å². The van der Waals surface area contributed by atoms with Gasteiger partial charge in [-0.15, -0.1) is 0 Å². The molecule has 43 heavy (non-hydrogen) atoms. The van der Waals surface area contributed by atoms with Crippen molar-refractivity contribution in [2.24, 2.45) is 22.7 Å². The van der Waals surface area contributed by atoms with Crippen molar-refractivity contribution in [3.05, 3.63) is 69.7 Å². The number of aromatic hydroxyl groups is 1. The predicted molar refractivity (Wildman–Crippen MR) is 161 cm³/mol. The Hall–Kier alpha value is -3.91. The van der Waals surface area contributed by atoms with E-state index >= 15 is 0 Å². The number of ether oxygens (including phenoxy) is 1. The fourth-order valence-electron chi connectivity index (χ4n) is 8.33. The van der Waals surface area contributed by atoms with Gasteiger partial charge in [0.05, 0.1) is 12.7 Å². The number of hydrogen-bond donors (Lipinski definition) is 4. The van der Waals surface area contributed by atoms with Crippen molar-refractivity contribution in [3.8, 4) is 22.6 Å². The summed E-state index contributed by atoms with van der Waals surface area (Å²) in [5.41, 5.74) is -3.25. The zero-order chi connectivity index (χ0) is 32.0. The lowest BCUT2D eigenvalue weighted by Crippen LogP contribution is -2.67. The Labute approximate surface area is 251 Å². The second kappa shape index (κ2) is 9.81. The van der Waals surface area contributed by atoms with Crippen LogP contribution in [0, 0.1) is 22.7 Å². The fourth-order valence-corrected chi connectivity index (χ4v) is 8.33. The summed E-state index contributed by atoms with van der Waals surface area (Å²) in [4.78, 5) is 41.0. The number of carbonyl (C=O) groups is 3. The molecule has 3 aliphatic rings. The fraction of sp³-hybridized carbons (Fsp3) is 0.457. The maximum atomic E-state index is 14.5. The van der Waals surface area contributed by atoms with E-state index in [-0.39, 0.29) is 41.6 Å². The van der Waals surface area contributed by atoms with Crippen molar-refractivity contribution in [2.45, 2.75) is 72.8 Å². The standard InChI is InChI=1S/C35H40O8/c1-16(2)21-13-22(19-9-11-20(43-8)12-10-19)28(37)25-23(21)14-33(6)15-34(7)26(17(3)4)29(38)24(18(5)36)31(40)35(34,42)32(41)27(33)30(25)39/h9-13,16-17,26,37-38,41-42H,14-15H2,1-8H3/t26?,33-,34-,35+/m1/s1. The van der Waals surface area contributed by atoms with Crippen molar-refractivity contribution >= 4 is 17.3 Å². The molecule has 0 saturated heterocycles. The Kier molecular flexibility index (Phi) is 6.97. The lowest BCUT2D eigenvalue weighted by Gasteiger charge is -2.59. The molecule has 8 nitrogen and oxygen atoms in total. The quantitative estimate of drug-likeness (QED) is 0.305. The minimum absolute atomic E-state index is 0.0251. The smallest absolute Gasteiger partial charge is 0.209 e. The van der Waals surface area contributed by atoms with Gasteiger partial charge in [-0.3, -0.25) is 14.4 Å². The molecule has 8 heteroatoms. The van der Waals surface area contributed by atoms with Crippen molar-refractivity contribution in [1.29, 1.82) is 0 Å². The highest BCUT2D eigenvalue weighted by Gasteiger charge is 2.71. The molecule has 3 aliphatic carbocycles. The van der Waals surface area contributed by atoms with Crippen LogP contribution < -0.4 is 4.74 Å².